The molecular formula is C36H47N5O6. The maximum Gasteiger partial charge on any atom is 0.412 e. The molecule has 0 spiro atoms. The van der Waals surface area contributed by atoms with Crippen LogP contribution in [0, 0.1) is 0 Å². The van der Waals surface area contributed by atoms with Crippen molar-refractivity contribution in [1.82, 2.24) is 15.5 Å². The van der Waals surface area contributed by atoms with Crippen molar-refractivity contribution in [2.45, 2.75) is 57.2 Å². The van der Waals surface area contributed by atoms with Gasteiger partial charge in [-0.05, 0) is 68.5 Å². The number of benzene rings is 3. The minimum absolute atomic E-state index is 0.0399. The molecule has 0 saturated carbocycles. The molecule has 0 aliphatic carbocycles. The molecule has 0 radical (unpaired) electrons. The average molecular weight is 646 g/mol. The van der Waals surface area contributed by atoms with Gasteiger partial charge in [-0.3, -0.25) is 14.9 Å². The second-order valence-electron chi connectivity index (χ2n) is 12.1. The molecule has 1 heterocycles. The number of carbonyl (C=O) groups excluding carboxylic acids is 3. The predicted octanol–water partition coefficient (Wildman–Crippen LogP) is 5.03. The summed E-state index contributed by atoms with van der Waals surface area (Å²) in [5.74, 6) is -0.0204. The highest BCUT2D eigenvalue weighted by molar-refractivity contribution is 5.91. The standard InChI is InChI=1S/C36H47N5O6/c1-36(47-35(46)40-30-13-8-7-12-29(30)27-10-4-2-5-11-27)17-21-41(22-18-36)23-20-38-34(45)14-6-3-9-19-37-25-33(44)28-15-16-32(43)31(24-28)39-26-42/h2,4-5,7-8,10-13,15-16,24,26,33,37,43-44H,3,6,9,14,17-23,25H2,1H3,(H,38,45)(H,39,42)(H,40,46)/t33-/m0/s1. The van der Waals surface area contributed by atoms with E-state index in [4.69, 9.17) is 4.74 Å². The van der Waals surface area contributed by atoms with E-state index in [1.54, 1.807) is 12.1 Å². The molecule has 11 nitrogen and oxygen atoms in total. The van der Waals surface area contributed by atoms with E-state index in [0.29, 0.717) is 56.6 Å². The summed E-state index contributed by atoms with van der Waals surface area (Å²) in [5, 5.41) is 31.7. The minimum Gasteiger partial charge on any atom is -0.506 e. The van der Waals surface area contributed by atoms with Gasteiger partial charge in [-0.25, -0.2) is 4.79 Å². The number of anilines is 2. The highest BCUT2D eigenvalue weighted by Gasteiger charge is 2.33. The van der Waals surface area contributed by atoms with Gasteiger partial charge in [-0.15, -0.1) is 0 Å². The Bertz CT molecular complexity index is 1440. The number of para-hydroxylation sites is 1. The first-order valence-corrected chi connectivity index (χ1v) is 16.3. The number of rotatable bonds is 17. The average Bonchev–Trinajstić information content (AvgIpc) is 3.07. The first kappa shape index (κ1) is 35.4. The highest BCUT2D eigenvalue weighted by Crippen LogP contribution is 2.30. The second-order valence-corrected chi connectivity index (χ2v) is 12.1. The van der Waals surface area contributed by atoms with Gasteiger partial charge in [-0.1, -0.05) is 61.0 Å². The number of aliphatic hydroxyl groups excluding tert-OH is 1. The Labute approximate surface area is 276 Å². The number of amides is 3. The number of phenolic OH excluding ortho intramolecular Hbond substituents is 1. The van der Waals surface area contributed by atoms with E-state index in [1.807, 2.05) is 61.5 Å². The molecule has 3 amide bonds. The summed E-state index contributed by atoms with van der Waals surface area (Å²) in [4.78, 5) is 38.1. The highest BCUT2D eigenvalue weighted by atomic mass is 16.6. The third-order valence-electron chi connectivity index (χ3n) is 8.47. The number of phenols is 1. The van der Waals surface area contributed by atoms with Crippen molar-refractivity contribution >= 4 is 29.8 Å². The van der Waals surface area contributed by atoms with Crippen LogP contribution in [0.3, 0.4) is 0 Å². The van der Waals surface area contributed by atoms with Crippen molar-refractivity contribution in [3.05, 3.63) is 78.4 Å². The number of hydrogen-bond acceptors (Lipinski definition) is 8. The number of piperidine rings is 1. The number of unbranched alkanes of at least 4 members (excludes halogenated alkanes) is 2. The summed E-state index contributed by atoms with van der Waals surface area (Å²) < 4.78 is 5.91. The fourth-order valence-corrected chi connectivity index (χ4v) is 5.62. The lowest BCUT2D eigenvalue weighted by molar-refractivity contribution is -0.121. The Hall–Kier alpha value is -4.45. The van der Waals surface area contributed by atoms with Crippen LogP contribution in [0.4, 0.5) is 16.2 Å². The minimum atomic E-state index is -0.775. The number of nitrogens with one attached hydrogen (secondary N) is 4. The Balaban J connectivity index is 1.04. The fraction of sp³-hybridized carbons (Fsp3) is 0.417. The van der Waals surface area contributed by atoms with E-state index >= 15 is 0 Å². The lowest BCUT2D eigenvalue weighted by Crippen LogP contribution is -2.47. The van der Waals surface area contributed by atoms with Crippen LogP contribution >= 0.6 is 0 Å². The first-order valence-electron chi connectivity index (χ1n) is 16.3. The van der Waals surface area contributed by atoms with E-state index in [0.717, 1.165) is 50.0 Å². The van der Waals surface area contributed by atoms with Crippen molar-refractivity contribution in [3.63, 3.8) is 0 Å². The van der Waals surface area contributed by atoms with Crippen molar-refractivity contribution in [1.29, 1.82) is 0 Å². The molecule has 1 saturated heterocycles. The summed E-state index contributed by atoms with van der Waals surface area (Å²) in [7, 11) is 0. The lowest BCUT2D eigenvalue weighted by Gasteiger charge is -2.38. The van der Waals surface area contributed by atoms with Gasteiger partial charge in [0.05, 0.1) is 17.5 Å². The zero-order chi connectivity index (χ0) is 33.5. The molecule has 3 aromatic rings. The van der Waals surface area contributed by atoms with Crippen LogP contribution in [0.5, 0.6) is 5.75 Å². The molecule has 11 heteroatoms. The number of aromatic hydroxyl groups is 1. The van der Waals surface area contributed by atoms with Gasteiger partial charge in [-0.2, -0.15) is 0 Å². The molecule has 1 fully saturated rings. The first-order chi connectivity index (χ1) is 22.8. The Morgan fingerprint density at radius 1 is 0.957 bits per heavy atom. The molecule has 0 unspecified atom stereocenters. The smallest absolute Gasteiger partial charge is 0.412 e. The van der Waals surface area contributed by atoms with E-state index < -0.39 is 17.8 Å². The van der Waals surface area contributed by atoms with Gasteiger partial charge in [0.2, 0.25) is 12.3 Å². The van der Waals surface area contributed by atoms with Crippen LogP contribution in [0.25, 0.3) is 11.1 Å². The van der Waals surface area contributed by atoms with Gasteiger partial charge < -0.3 is 35.8 Å². The van der Waals surface area contributed by atoms with E-state index in [2.05, 4.69) is 26.2 Å². The molecular weight excluding hydrogens is 598 g/mol. The monoisotopic (exact) mass is 645 g/mol. The van der Waals surface area contributed by atoms with Gasteiger partial charge in [0.15, 0.2) is 0 Å². The molecule has 1 aliphatic heterocycles. The van der Waals surface area contributed by atoms with Crippen molar-refractivity contribution < 1.29 is 29.3 Å². The van der Waals surface area contributed by atoms with E-state index in [9.17, 15) is 24.6 Å². The Morgan fingerprint density at radius 2 is 1.70 bits per heavy atom. The van der Waals surface area contributed by atoms with Crippen molar-refractivity contribution in [3.8, 4) is 16.9 Å². The predicted molar refractivity (Wildman–Crippen MR) is 183 cm³/mol. The topological polar surface area (TPSA) is 152 Å². The summed E-state index contributed by atoms with van der Waals surface area (Å²) in [5.41, 5.74) is 2.96. The SMILES string of the molecule is CC1(OC(=O)Nc2ccccc2-c2ccccc2)CCN(CCNC(=O)CCCCCNC[C@H](O)c2ccc(O)c(NC=O)c2)CC1. The third kappa shape index (κ3) is 11.4. The van der Waals surface area contributed by atoms with Crippen molar-refractivity contribution in [2.24, 2.45) is 0 Å². The van der Waals surface area contributed by atoms with Crippen LogP contribution in [-0.4, -0.2) is 78.4 Å². The summed E-state index contributed by atoms with van der Waals surface area (Å²) in [6.07, 6.45) is 3.69. The van der Waals surface area contributed by atoms with Gasteiger partial charge in [0, 0.05) is 44.7 Å². The number of hydrogen-bond donors (Lipinski definition) is 6. The summed E-state index contributed by atoms with van der Waals surface area (Å²) in [6, 6.07) is 22.2. The zero-order valence-corrected chi connectivity index (χ0v) is 27.0. The van der Waals surface area contributed by atoms with E-state index in [1.165, 1.54) is 6.07 Å². The fourth-order valence-electron chi connectivity index (χ4n) is 5.62. The van der Waals surface area contributed by atoms with Crippen LogP contribution < -0.4 is 21.3 Å². The summed E-state index contributed by atoms with van der Waals surface area (Å²) >= 11 is 0. The van der Waals surface area contributed by atoms with Crippen LogP contribution in [0.15, 0.2) is 72.8 Å². The normalized spacial score (nSPS) is 14.9. The summed E-state index contributed by atoms with van der Waals surface area (Å²) in [6.45, 7) is 5.91. The number of ether oxygens (including phenoxy) is 1. The van der Waals surface area contributed by atoms with Gasteiger partial charge >= 0.3 is 6.09 Å². The molecule has 1 atom stereocenters. The molecule has 47 heavy (non-hydrogen) atoms. The Morgan fingerprint density at radius 3 is 2.47 bits per heavy atom. The Kier molecular flexibility index (Phi) is 13.6. The van der Waals surface area contributed by atoms with Crippen LogP contribution in [0.2, 0.25) is 0 Å². The zero-order valence-electron chi connectivity index (χ0n) is 27.0. The maximum absolute atomic E-state index is 12.9. The largest absolute Gasteiger partial charge is 0.506 e. The number of aliphatic hydroxyl groups is 1. The number of likely N-dealkylation sites (tertiary alicyclic amines) is 1. The lowest BCUT2D eigenvalue weighted by atomic mass is 9.93. The molecule has 3 aromatic carbocycles. The van der Waals surface area contributed by atoms with Gasteiger partial charge in [0.1, 0.15) is 11.4 Å². The molecule has 4 rings (SSSR count). The molecule has 0 aromatic heterocycles. The molecule has 0 bridgehead atoms. The van der Waals surface area contributed by atoms with Crippen LogP contribution in [-0.2, 0) is 14.3 Å². The number of carbonyl (C=O) groups is 3. The molecule has 1 aliphatic rings. The molecule has 6 N–H and O–H groups in total. The maximum atomic E-state index is 12.9. The quantitative estimate of drug-likeness (QED) is 0.0680. The van der Waals surface area contributed by atoms with Crippen LogP contribution in [0.1, 0.15) is 57.1 Å². The van der Waals surface area contributed by atoms with Crippen molar-refractivity contribution in [2.75, 3.05) is 49.9 Å². The van der Waals surface area contributed by atoms with E-state index in [-0.39, 0.29) is 17.3 Å². The second kappa shape index (κ2) is 18.0. The molecule has 252 valence electrons. The third-order valence-corrected chi connectivity index (χ3v) is 8.47. The number of nitrogens with zero attached hydrogens (tertiary/aromatic N) is 1. The van der Waals surface area contributed by atoms with Gasteiger partial charge in [0.25, 0.3) is 0 Å².